The Morgan fingerprint density at radius 3 is 2.92 bits per heavy atom. The lowest BCUT2D eigenvalue weighted by Gasteiger charge is -2.03. The third-order valence-electron chi connectivity index (χ3n) is 1.74. The molecule has 0 heterocycles. The van der Waals surface area contributed by atoms with Gasteiger partial charge >= 0.3 is 0 Å². The first-order valence-electron chi connectivity index (χ1n) is 4.23. The van der Waals surface area contributed by atoms with Crippen molar-refractivity contribution < 1.29 is 9.53 Å². The van der Waals surface area contributed by atoms with E-state index in [1.54, 1.807) is 0 Å². The second-order valence-electron chi connectivity index (χ2n) is 3.00. The molecule has 3 nitrogen and oxygen atoms in total. The van der Waals surface area contributed by atoms with Gasteiger partial charge in [0.2, 0.25) is 5.91 Å². The lowest BCUT2D eigenvalue weighted by Crippen LogP contribution is -2.28. The van der Waals surface area contributed by atoms with Crippen LogP contribution in [0.3, 0.4) is 0 Å². The SMILES string of the molecule is O=C(CCl)NCCOCC1CC1. The van der Waals surface area contributed by atoms with E-state index in [4.69, 9.17) is 16.3 Å². The van der Waals surface area contributed by atoms with Crippen molar-refractivity contribution in [3.63, 3.8) is 0 Å². The van der Waals surface area contributed by atoms with E-state index in [-0.39, 0.29) is 11.8 Å². The maximum atomic E-state index is 10.6. The molecule has 1 rings (SSSR count). The van der Waals surface area contributed by atoms with Crippen molar-refractivity contribution in [1.82, 2.24) is 5.32 Å². The molecule has 70 valence electrons. The molecule has 1 aliphatic carbocycles. The molecule has 12 heavy (non-hydrogen) atoms. The average molecular weight is 192 g/mol. The number of hydrogen-bond donors (Lipinski definition) is 1. The van der Waals surface area contributed by atoms with Gasteiger partial charge in [0.15, 0.2) is 0 Å². The molecule has 0 unspecified atom stereocenters. The highest BCUT2D eigenvalue weighted by Gasteiger charge is 2.20. The Hall–Kier alpha value is -0.280. The molecule has 1 aliphatic rings. The summed E-state index contributed by atoms with van der Waals surface area (Å²) in [4.78, 5) is 10.6. The fourth-order valence-electron chi connectivity index (χ4n) is 0.844. The molecule has 0 saturated heterocycles. The van der Waals surface area contributed by atoms with Gasteiger partial charge < -0.3 is 10.1 Å². The molecule has 1 fully saturated rings. The molecule has 0 aromatic heterocycles. The number of hydrogen-bond acceptors (Lipinski definition) is 2. The molecular formula is C8H14ClNO2. The maximum Gasteiger partial charge on any atom is 0.235 e. The molecule has 0 spiro atoms. The number of carbonyl (C=O) groups excluding carboxylic acids is 1. The summed E-state index contributed by atoms with van der Waals surface area (Å²) >= 11 is 5.27. The number of ether oxygens (including phenoxy) is 1. The quantitative estimate of drug-likeness (QED) is 0.498. The van der Waals surface area contributed by atoms with Crippen molar-refractivity contribution in [1.29, 1.82) is 0 Å². The highest BCUT2D eigenvalue weighted by molar-refractivity contribution is 6.27. The fraction of sp³-hybridized carbons (Fsp3) is 0.875. The summed E-state index contributed by atoms with van der Waals surface area (Å²) in [6.07, 6.45) is 2.60. The first-order valence-corrected chi connectivity index (χ1v) is 4.77. The lowest BCUT2D eigenvalue weighted by atomic mass is 10.5. The Labute approximate surface area is 77.4 Å². The van der Waals surface area contributed by atoms with Crippen LogP contribution in [0.1, 0.15) is 12.8 Å². The van der Waals surface area contributed by atoms with Gasteiger partial charge in [-0.05, 0) is 18.8 Å². The molecule has 0 aliphatic heterocycles. The standard InChI is InChI=1S/C8H14ClNO2/c9-5-8(11)10-3-4-12-6-7-1-2-7/h7H,1-6H2,(H,10,11). The number of nitrogens with one attached hydrogen (secondary N) is 1. The first kappa shape index (κ1) is 9.81. The summed E-state index contributed by atoms with van der Waals surface area (Å²) in [7, 11) is 0. The average Bonchev–Trinajstić information content (AvgIpc) is 2.87. The van der Waals surface area contributed by atoms with E-state index in [1.807, 2.05) is 0 Å². The number of alkyl halides is 1. The van der Waals surface area contributed by atoms with Crippen molar-refractivity contribution in [2.45, 2.75) is 12.8 Å². The lowest BCUT2D eigenvalue weighted by molar-refractivity contribution is -0.118. The summed E-state index contributed by atoms with van der Waals surface area (Å²) in [5.41, 5.74) is 0. The predicted octanol–water partition coefficient (Wildman–Crippen LogP) is 0.768. The molecule has 1 amide bonds. The van der Waals surface area contributed by atoms with E-state index in [2.05, 4.69) is 5.32 Å². The van der Waals surface area contributed by atoms with Crippen LogP contribution in [-0.4, -0.2) is 31.5 Å². The molecule has 0 aromatic carbocycles. The van der Waals surface area contributed by atoms with Crippen molar-refractivity contribution in [3.8, 4) is 0 Å². The van der Waals surface area contributed by atoms with Gasteiger partial charge in [0.05, 0.1) is 6.61 Å². The van der Waals surface area contributed by atoms with E-state index in [9.17, 15) is 4.79 Å². The minimum atomic E-state index is -0.133. The largest absolute Gasteiger partial charge is 0.379 e. The second kappa shape index (κ2) is 5.38. The van der Waals surface area contributed by atoms with Crippen LogP contribution in [0.15, 0.2) is 0 Å². The minimum Gasteiger partial charge on any atom is -0.379 e. The van der Waals surface area contributed by atoms with Crippen molar-refractivity contribution in [2.24, 2.45) is 5.92 Å². The van der Waals surface area contributed by atoms with Crippen LogP contribution in [0, 0.1) is 5.92 Å². The number of amides is 1. The topological polar surface area (TPSA) is 38.3 Å². The minimum absolute atomic E-state index is 0.0304. The van der Waals surface area contributed by atoms with Crippen LogP contribution in [0.2, 0.25) is 0 Å². The van der Waals surface area contributed by atoms with E-state index in [0.717, 1.165) is 12.5 Å². The predicted molar refractivity (Wildman–Crippen MR) is 47.3 cm³/mol. The molecule has 4 heteroatoms. The maximum absolute atomic E-state index is 10.6. The monoisotopic (exact) mass is 191 g/mol. The van der Waals surface area contributed by atoms with Crippen LogP contribution >= 0.6 is 11.6 Å². The zero-order valence-electron chi connectivity index (χ0n) is 7.01. The summed E-state index contributed by atoms with van der Waals surface area (Å²) < 4.78 is 5.29. The number of halogens is 1. The summed E-state index contributed by atoms with van der Waals surface area (Å²) in [6.45, 7) is 2.01. The highest BCUT2D eigenvalue weighted by Crippen LogP contribution is 2.28. The van der Waals surface area contributed by atoms with Gasteiger partial charge in [-0.15, -0.1) is 11.6 Å². The van der Waals surface area contributed by atoms with Crippen LogP contribution in [0.5, 0.6) is 0 Å². The smallest absolute Gasteiger partial charge is 0.235 e. The fourth-order valence-corrected chi connectivity index (χ4v) is 0.939. The van der Waals surface area contributed by atoms with Gasteiger partial charge in [-0.2, -0.15) is 0 Å². The normalized spacial score (nSPS) is 16.1. The van der Waals surface area contributed by atoms with Gasteiger partial charge in [0, 0.05) is 13.2 Å². The van der Waals surface area contributed by atoms with Gasteiger partial charge in [-0.1, -0.05) is 0 Å². The summed E-state index contributed by atoms with van der Waals surface area (Å²) in [6, 6.07) is 0. The Bertz CT molecular complexity index is 148. The summed E-state index contributed by atoms with van der Waals surface area (Å²) in [5.74, 6) is 0.684. The highest BCUT2D eigenvalue weighted by atomic mass is 35.5. The molecule has 0 atom stereocenters. The van der Waals surface area contributed by atoms with E-state index in [1.165, 1.54) is 12.8 Å². The van der Waals surface area contributed by atoms with Gasteiger partial charge in [0.25, 0.3) is 0 Å². The number of rotatable bonds is 6. The van der Waals surface area contributed by atoms with Crippen molar-refractivity contribution in [3.05, 3.63) is 0 Å². The van der Waals surface area contributed by atoms with Crippen molar-refractivity contribution >= 4 is 17.5 Å². The molecule has 1 N–H and O–H groups in total. The summed E-state index contributed by atoms with van der Waals surface area (Å²) in [5, 5.41) is 2.63. The second-order valence-corrected chi connectivity index (χ2v) is 3.27. The Balaban J connectivity index is 1.78. The third kappa shape index (κ3) is 4.57. The zero-order chi connectivity index (χ0) is 8.81. The van der Waals surface area contributed by atoms with Crippen LogP contribution < -0.4 is 5.32 Å². The molecule has 1 saturated carbocycles. The van der Waals surface area contributed by atoms with Crippen LogP contribution in [0.25, 0.3) is 0 Å². The zero-order valence-corrected chi connectivity index (χ0v) is 7.77. The van der Waals surface area contributed by atoms with Crippen LogP contribution in [0.4, 0.5) is 0 Å². The Morgan fingerprint density at radius 2 is 2.33 bits per heavy atom. The molecule has 0 aromatic rings. The first-order chi connectivity index (χ1) is 5.83. The van der Waals surface area contributed by atoms with Crippen LogP contribution in [-0.2, 0) is 9.53 Å². The van der Waals surface area contributed by atoms with E-state index < -0.39 is 0 Å². The third-order valence-corrected chi connectivity index (χ3v) is 1.98. The van der Waals surface area contributed by atoms with Gasteiger partial charge in [0.1, 0.15) is 5.88 Å². The van der Waals surface area contributed by atoms with Gasteiger partial charge in [-0.3, -0.25) is 4.79 Å². The van der Waals surface area contributed by atoms with Crippen molar-refractivity contribution in [2.75, 3.05) is 25.6 Å². The molecular weight excluding hydrogens is 178 g/mol. The van der Waals surface area contributed by atoms with Gasteiger partial charge in [-0.25, -0.2) is 0 Å². The van der Waals surface area contributed by atoms with E-state index in [0.29, 0.717) is 13.2 Å². The molecule has 0 bridgehead atoms. The Morgan fingerprint density at radius 1 is 1.58 bits per heavy atom. The Kier molecular flexibility index (Phi) is 4.40. The molecule has 0 radical (unpaired) electrons. The van der Waals surface area contributed by atoms with E-state index >= 15 is 0 Å². The number of carbonyl (C=O) groups is 1.